The van der Waals surface area contributed by atoms with Crippen LogP contribution >= 0.6 is 0 Å². The Hall–Kier alpha value is -3.98. The van der Waals surface area contributed by atoms with Crippen molar-refractivity contribution in [1.29, 1.82) is 0 Å². The predicted octanol–water partition coefficient (Wildman–Crippen LogP) is 3.91. The molecule has 4 heterocycles. The lowest BCUT2D eigenvalue weighted by atomic mass is 10.2. The molecule has 1 aromatic carbocycles. The first kappa shape index (κ1) is 22.8. The van der Waals surface area contributed by atoms with E-state index in [1.54, 1.807) is 24.5 Å². The molecule has 35 heavy (non-hydrogen) atoms. The third kappa shape index (κ3) is 4.67. The first-order valence-electron chi connectivity index (χ1n) is 11.8. The van der Waals surface area contributed by atoms with Gasteiger partial charge in [0.05, 0.1) is 18.2 Å². The summed E-state index contributed by atoms with van der Waals surface area (Å²) in [5, 5.41) is 8.09. The van der Waals surface area contributed by atoms with Crippen molar-refractivity contribution < 1.29 is 4.42 Å². The third-order valence-electron chi connectivity index (χ3n) is 6.29. The van der Waals surface area contributed by atoms with Crippen molar-refractivity contribution in [2.45, 2.75) is 26.4 Å². The molecule has 0 atom stereocenters. The van der Waals surface area contributed by atoms with Crippen LogP contribution in [0.4, 0.5) is 17.3 Å². The van der Waals surface area contributed by atoms with E-state index in [1.165, 1.54) is 16.6 Å². The van der Waals surface area contributed by atoms with Crippen molar-refractivity contribution >= 4 is 28.2 Å². The molecule has 9 heteroatoms. The summed E-state index contributed by atoms with van der Waals surface area (Å²) in [6.07, 6.45) is 4.72. The molecule has 1 fully saturated rings. The molecule has 0 radical (unpaired) electrons. The lowest BCUT2D eigenvalue weighted by Crippen LogP contribution is -2.48. The average Bonchev–Trinajstić information content (AvgIpc) is 3.41. The van der Waals surface area contributed by atoms with Crippen LogP contribution in [-0.4, -0.2) is 56.9 Å². The minimum absolute atomic E-state index is 0.274. The van der Waals surface area contributed by atoms with E-state index < -0.39 is 0 Å². The van der Waals surface area contributed by atoms with Gasteiger partial charge in [0.25, 0.3) is 5.56 Å². The zero-order chi connectivity index (χ0) is 24.4. The highest BCUT2D eigenvalue weighted by Crippen LogP contribution is 2.26. The number of piperazine rings is 1. The second kappa shape index (κ2) is 9.71. The Labute approximate surface area is 203 Å². The number of benzene rings is 1. The van der Waals surface area contributed by atoms with Gasteiger partial charge in [0.1, 0.15) is 5.52 Å². The number of nitrogens with zero attached hydrogens (tertiary/aromatic N) is 6. The number of hydrogen-bond donors (Lipinski definition) is 1. The van der Waals surface area contributed by atoms with Crippen molar-refractivity contribution in [2.24, 2.45) is 0 Å². The third-order valence-corrected chi connectivity index (χ3v) is 6.29. The quantitative estimate of drug-likeness (QED) is 0.406. The fourth-order valence-electron chi connectivity index (χ4n) is 4.34. The minimum Gasteiger partial charge on any atom is -0.463 e. The molecule has 0 saturated carbocycles. The van der Waals surface area contributed by atoms with Crippen LogP contribution in [-0.2, 0) is 6.54 Å². The zero-order valence-corrected chi connectivity index (χ0v) is 20.0. The second-order valence-corrected chi connectivity index (χ2v) is 8.85. The molecule has 180 valence electrons. The van der Waals surface area contributed by atoms with E-state index in [1.807, 2.05) is 12.1 Å². The molecule has 5 rings (SSSR count). The van der Waals surface area contributed by atoms with E-state index in [2.05, 4.69) is 62.7 Å². The van der Waals surface area contributed by atoms with Gasteiger partial charge in [-0.1, -0.05) is 6.08 Å². The Balaban J connectivity index is 1.40. The Morgan fingerprint density at radius 2 is 1.91 bits per heavy atom. The Morgan fingerprint density at radius 1 is 1.14 bits per heavy atom. The summed E-state index contributed by atoms with van der Waals surface area (Å²) in [5.41, 5.74) is 2.70. The van der Waals surface area contributed by atoms with Crippen LogP contribution in [0, 0.1) is 0 Å². The van der Waals surface area contributed by atoms with E-state index in [4.69, 9.17) is 4.42 Å². The minimum atomic E-state index is -0.274. The first-order chi connectivity index (χ1) is 17.0. The maximum Gasteiger partial charge on any atom is 0.278 e. The lowest BCUT2D eigenvalue weighted by molar-refractivity contribution is 0.209. The molecule has 0 unspecified atom stereocenters. The molecule has 9 nitrogen and oxygen atoms in total. The number of hydrogen-bond acceptors (Lipinski definition) is 8. The number of allylic oxidation sites excluding steroid dienone is 1. The van der Waals surface area contributed by atoms with Crippen LogP contribution in [0.15, 0.2) is 70.7 Å². The largest absolute Gasteiger partial charge is 0.463 e. The molecule has 0 amide bonds. The highest BCUT2D eigenvalue weighted by Gasteiger charge is 2.19. The van der Waals surface area contributed by atoms with Crippen LogP contribution in [0.25, 0.3) is 22.4 Å². The summed E-state index contributed by atoms with van der Waals surface area (Å²) < 4.78 is 6.89. The smallest absolute Gasteiger partial charge is 0.278 e. The van der Waals surface area contributed by atoms with Gasteiger partial charge in [-0.05, 0) is 50.2 Å². The zero-order valence-electron chi connectivity index (χ0n) is 20.0. The van der Waals surface area contributed by atoms with Gasteiger partial charge in [-0.3, -0.25) is 9.69 Å². The number of furan rings is 1. The Morgan fingerprint density at radius 3 is 2.57 bits per heavy atom. The van der Waals surface area contributed by atoms with Crippen LogP contribution in [0.2, 0.25) is 0 Å². The molecular formula is C26H29N7O2. The van der Waals surface area contributed by atoms with Gasteiger partial charge >= 0.3 is 0 Å². The topological polar surface area (TPSA) is 92.3 Å². The van der Waals surface area contributed by atoms with Crippen molar-refractivity contribution in [2.75, 3.05) is 36.4 Å². The van der Waals surface area contributed by atoms with Crippen LogP contribution in [0.5, 0.6) is 0 Å². The first-order valence-corrected chi connectivity index (χ1v) is 11.8. The normalized spacial score (nSPS) is 14.5. The highest BCUT2D eigenvalue weighted by atomic mass is 16.3. The Bertz CT molecular complexity index is 1370. The summed E-state index contributed by atoms with van der Waals surface area (Å²) in [7, 11) is 0. The van der Waals surface area contributed by atoms with Gasteiger partial charge in [0.2, 0.25) is 5.95 Å². The van der Waals surface area contributed by atoms with Crippen molar-refractivity contribution in [3.63, 3.8) is 0 Å². The van der Waals surface area contributed by atoms with Gasteiger partial charge in [-0.2, -0.15) is 5.10 Å². The molecule has 0 aliphatic carbocycles. The van der Waals surface area contributed by atoms with Crippen LogP contribution in [0.3, 0.4) is 0 Å². The molecule has 0 spiro atoms. The van der Waals surface area contributed by atoms with E-state index in [-0.39, 0.29) is 12.1 Å². The SMILES string of the molecule is C=CCn1nc(-c2ccco2)c2nc(Nc3ccc(N4CCN(C(C)C)CC4)cc3)ncc2c1=O. The summed E-state index contributed by atoms with van der Waals surface area (Å²) >= 11 is 0. The summed E-state index contributed by atoms with van der Waals surface area (Å²) in [6.45, 7) is 12.7. The molecule has 1 aliphatic rings. The summed E-state index contributed by atoms with van der Waals surface area (Å²) in [6, 6.07) is 12.4. The van der Waals surface area contributed by atoms with Crippen LogP contribution in [0.1, 0.15) is 13.8 Å². The van der Waals surface area contributed by atoms with Crippen molar-refractivity contribution in [3.8, 4) is 11.5 Å². The average molecular weight is 472 g/mol. The molecule has 0 bridgehead atoms. The maximum atomic E-state index is 12.9. The number of aromatic nitrogens is 4. The van der Waals surface area contributed by atoms with Crippen molar-refractivity contribution in [1.82, 2.24) is 24.6 Å². The van der Waals surface area contributed by atoms with E-state index >= 15 is 0 Å². The van der Waals surface area contributed by atoms with Gasteiger partial charge in [0, 0.05) is 49.8 Å². The number of fused-ring (bicyclic) bond motifs is 1. The van der Waals surface area contributed by atoms with E-state index in [0.717, 1.165) is 31.9 Å². The lowest BCUT2D eigenvalue weighted by Gasteiger charge is -2.38. The highest BCUT2D eigenvalue weighted by molar-refractivity contribution is 5.89. The molecule has 1 N–H and O–H groups in total. The fourth-order valence-corrected chi connectivity index (χ4v) is 4.34. The predicted molar refractivity (Wildman–Crippen MR) is 138 cm³/mol. The molecular weight excluding hydrogens is 442 g/mol. The number of nitrogens with one attached hydrogen (secondary N) is 1. The standard InChI is InChI=1S/C26H29N7O2/c1-4-11-33-25(34)21-17-27-26(29-23(21)24(30-33)22-6-5-16-35-22)28-19-7-9-20(10-8-19)32-14-12-31(13-15-32)18(2)3/h4-10,16-18H,1,11-15H2,2-3H3,(H,27,28,29). The van der Waals surface area contributed by atoms with Gasteiger partial charge in [-0.25, -0.2) is 14.6 Å². The summed E-state index contributed by atoms with van der Waals surface area (Å²) in [5.74, 6) is 0.908. The second-order valence-electron chi connectivity index (χ2n) is 8.85. The molecule has 1 saturated heterocycles. The monoisotopic (exact) mass is 471 g/mol. The van der Waals surface area contributed by atoms with Crippen LogP contribution < -0.4 is 15.8 Å². The van der Waals surface area contributed by atoms with Gasteiger partial charge in [-0.15, -0.1) is 6.58 Å². The fraction of sp³-hybridized carbons (Fsp3) is 0.308. The number of rotatable bonds is 7. The van der Waals surface area contributed by atoms with E-state index in [0.29, 0.717) is 34.3 Å². The summed E-state index contributed by atoms with van der Waals surface area (Å²) in [4.78, 5) is 26.8. The number of anilines is 3. The van der Waals surface area contributed by atoms with Gasteiger partial charge < -0.3 is 14.6 Å². The molecule has 3 aromatic heterocycles. The van der Waals surface area contributed by atoms with Crippen molar-refractivity contribution in [3.05, 3.63) is 71.9 Å². The van der Waals surface area contributed by atoms with Gasteiger partial charge in [0.15, 0.2) is 11.5 Å². The van der Waals surface area contributed by atoms with E-state index in [9.17, 15) is 4.79 Å². The maximum absolute atomic E-state index is 12.9. The molecule has 4 aromatic rings. The molecule has 1 aliphatic heterocycles. The Kier molecular flexibility index (Phi) is 6.33.